The van der Waals surface area contributed by atoms with Crippen LogP contribution in [-0.4, -0.2) is 24.5 Å². The summed E-state index contributed by atoms with van der Waals surface area (Å²) in [7, 11) is 0. The van der Waals surface area contributed by atoms with Crippen LogP contribution in [0.4, 0.5) is 0 Å². The highest BCUT2D eigenvalue weighted by molar-refractivity contribution is 5.93. The average Bonchev–Trinajstić information content (AvgIpc) is 3.10. The Balaban J connectivity index is 1.73. The van der Waals surface area contributed by atoms with E-state index in [0.29, 0.717) is 17.0 Å². The van der Waals surface area contributed by atoms with E-state index in [-0.39, 0.29) is 11.7 Å². The third-order valence-corrected chi connectivity index (χ3v) is 5.23. The highest BCUT2D eigenvalue weighted by Crippen LogP contribution is 2.28. The summed E-state index contributed by atoms with van der Waals surface area (Å²) in [5.41, 5.74) is 4.47. The zero-order valence-electron chi connectivity index (χ0n) is 15.9. The SMILES string of the molecule is CC[C@@H](c1ccccc1)n1c(=O)[nH]c2ncc(-c3cccc4ncccc34)nc21. The number of aromatic amines is 1. The van der Waals surface area contributed by atoms with Gasteiger partial charge in [0, 0.05) is 17.1 Å². The highest BCUT2D eigenvalue weighted by atomic mass is 16.1. The summed E-state index contributed by atoms with van der Waals surface area (Å²) in [6.45, 7) is 2.07. The van der Waals surface area contributed by atoms with Crippen molar-refractivity contribution in [1.29, 1.82) is 0 Å². The summed E-state index contributed by atoms with van der Waals surface area (Å²) in [6.07, 6.45) is 4.24. The van der Waals surface area contributed by atoms with Gasteiger partial charge < -0.3 is 0 Å². The number of imidazole rings is 1. The van der Waals surface area contributed by atoms with Crippen molar-refractivity contribution in [2.75, 3.05) is 0 Å². The van der Waals surface area contributed by atoms with Crippen molar-refractivity contribution >= 4 is 22.2 Å². The normalized spacial score (nSPS) is 12.4. The van der Waals surface area contributed by atoms with Crippen LogP contribution >= 0.6 is 0 Å². The molecule has 0 aliphatic rings. The minimum absolute atomic E-state index is 0.115. The Morgan fingerprint density at radius 3 is 2.69 bits per heavy atom. The van der Waals surface area contributed by atoms with E-state index in [9.17, 15) is 4.79 Å². The van der Waals surface area contributed by atoms with Crippen molar-refractivity contribution in [3.05, 3.63) is 89.1 Å². The van der Waals surface area contributed by atoms with Crippen molar-refractivity contribution in [2.24, 2.45) is 0 Å². The third-order valence-electron chi connectivity index (χ3n) is 5.23. The second-order valence-electron chi connectivity index (χ2n) is 6.94. The minimum Gasteiger partial charge on any atom is -0.289 e. The number of hydrogen-bond donors (Lipinski definition) is 1. The molecule has 3 aromatic heterocycles. The monoisotopic (exact) mass is 381 g/mol. The molecule has 0 radical (unpaired) electrons. The predicted molar refractivity (Wildman–Crippen MR) is 114 cm³/mol. The first-order valence-electron chi connectivity index (χ1n) is 9.62. The number of aromatic nitrogens is 5. The summed E-state index contributed by atoms with van der Waals surface area (Å²) in [5.74, 6) is 0. The lowest BCUT2D eigenvalue weighted by Crippen LogP contribution is -2.23. The zero-order chi connectivity index (χ0) is 19.8. The molecule has 0 aliphatic heterocycles. The second-order valence-corrected chi connectivity index (χ2v) is 6.94. The van der Waals surface area contributed by atoms with Gasteiger partial charge in [0.15, 0.2) is 11.3 Å². The number of hydrogen-bond acceptors (Lipinski definition) is 4. The molecule has 0 spiro atoms. The summed E-state index contributed by atoms with van der Waals surface area (Å²) in [5, 5.41) is 1.00. The molecule has 0 saturated heterocycles. The molecule has 0 bridgehead atoms. The van der Waals surface area contributed by atoms with Gasteiger partial charge in [0.05, 0.1) is 23.4 Å². The van der Waals surface area contributed by atoms with Crippen molar-refractivity contribution in [1.82, 2.24) is 24.5 Å². The van der Waals surface area contributed by atoms with Gasteiger partial charge in [-0.15, -0.1) is 0 Å². The van der Waals surface area contributed by atoms with Gasteiger partial charge in [0.1, 0.15) is 0 Å². The van der Waals surface area contributed by atoms with E-state index in [4.69, 9.17) is 4.98 Å². The number of pyridine rings is 1. The van der Waals surface area contributed by atoms with Crippen LogP contribution in [-0.2, 0) is 0 Å². The standard InChI is InChI=1S/C23H19N5O/c1-2-20(15-8-4-3-5-9-15)28-22-21(27-23(28)29)25-14-19(26-22)17-10-6-12-18-16(17)11-7-13-24-18/h3-14,20H,2H2,1H3,(H,25,27,29)/t20-/m0/s1. The quantitative estimate of drug-likeness (QED) is 0.503. The number of fused-ring (bicyclic) bond motifs is 2. The lowest BCUT2D eigenvalue weighted by atomic mass is 10.0. The molecule has 5 aromatic rings. The molecule has 2 aromatic carbocycles. The molecule has 0 fully saturated rings. The van der Waals surface area contributed by atoms with Crippen LogP contribution in [0.2, 0.25) is 0 Å². The van der Waals surface area contributed by atoms with Gasteiger partial charge in [0.25, 0.3) is 0 Å². The van der Waals surface area contributed by atoms with Gasteiger partial charge in [-0.2, -0.15) is 0 Å². The summed E-state index contributed by atoms with van der Waals surface area (Å²) in [4.78, 5) is 29.4. The van der Waals surface area contributed by atoms with Crippen molar-refractivity contribution in [2.45, 2.75) is 19.4 Å². The first kappa shape index (κ1) is 17.3. The Kier molecular flexibility index (Phi) is 4.17. The van der Waals surface area contributed by atoms with Crippen LogP contribution < -0.4 is 5.69 Å². The number of H-pyrrole nitrogens is 1. The molecule has 0 saturated carbocycles. The van der Waals surface area contributed by atoms with Crippen molar-refractivity contribution in [3.63, 3.8) is 0 Å². The van der Waals surface area contributed by atoms with Crippen molar-refractivity contribution < 1.29 is 0 Å². The van der Waals surface area contributed by atoms with Crippen LogP contribution in [0, 0.1) is 0 Å². The fourth-order valence-electron chi connectivity index (χ4n) is 3.88. The minimum atomic E-state index is -0.201. The zero-order valence-corrected chi connectivity index (χ0v) is 15.9. The van der Waals surface area contributed by atoms with Gasteiger partial charge in [-0.1, -0.05) is 55.5 Å². The molecule has 6 nitrogen and oxygen atoms in total. The summed E-state index contributed by atoms with van der Waals surface area (Å²) >= 11 is 0. The lowest BCUT2D eigenvalue weighted by molar-refractivity contribution is 0.561. The largest absolute Gasteiger partial charge is 0.329 e. The Labute approximate surface area is 166 Å². The van der Waals surface area contributed by atoms with E-state index in [1.165, 1.54) is 0 Å². The molecule has 142 valence electrons. The molecule has 0 unspecified atom stereocenters. The summed E-state index contributed by atoms with van der Waals surface area (Å²) in [6, 6.07) is 19.8. The van der Waals surface area contributed by atoms with Crippen molar-refractivity contribution in [3.8, 4) is 11.3 Å². The van der Waals surface area contributed by atoms with E-state index < -0.39 is 0 Å². The fraction of sp³-hybridized carbons (Fsp3) is 0.130. The molecule has 3 heterocycles. The Morgan fingerprint density at radius 1 is 1.00 bits per heavy atom. The van der Waals surface area contributed by atoms with Gasteiger partial charge in [-0.05, 0) is 24.1 Å². The number of nitrogens with one attached hydrogen (secondary N) is 1. The topological polar surface area (TPSA) is 76.5 Å². The average molecular weight is 381 g/mol. The number of rotatable bonds is 4. The molecule has 29 heavy (non-hydrogen) atoms. The van der Waals surface area contributed by atoms with Crippen LogP contribution in [0.1, 0.15) is 24.9 Å². The van der Waals surface area contributed by atoms with Gasteiger partial charge in [-0.25, -0.2) is 14.8 Å². The molecule has 0 aliphatic carbocycles. The van der Waals surface area contributed by atoms with E-state index in [2.05, 4.69) is 21.9 Å². The molecule has 6 heteroatoms. The van der Waals surface area contributed by atoms with Gasteiger partial charge in [-0.3, -0.25) is 14.5 Å². The molecule has 1 atom stereocenters. The Morgan fingerprint density at radius 2 is 1.86 bits per heavy atom. The van der Waals surface area contributed by atoms with E-state index in [1.807, 2.05) is 60.7 Å². The molecular weight excluding hydrogens is 362 g/mol. The first-order chi connectivity index (χ1) is 14.3. The lowest BCUT2D eigenvalue weighted by Gasteiger charge is -2.17. The fourth-order valence-corrected chi connectivity index (χ4v) is 3.88. The number of benzene rings is 2. The molecular formula is C23H19N5O. The predicted octanol–water partition coefficient (Wildman–Crippen LogP) is 4.33. The van der Waals surface area contributed by atoms with E-state index >= 15 is 0 Å². The highest BCUT2D eigenvalue weighted by Gasteiger charge is 2.20. The maximum absolute atomic E-state index is 12.8. The van der Waals surface area contributed by atoms with E-state index in [1.54, 1.807) is 17.0 Å². The van der Waals surface area contributed by atoms with Crippen LogP contribution in [0.25, 0.3) is 33.5 Å². The third kappa shape index (κ3) is 2.89. The first-order valence-corrected chi connectivity index (χ1v) is 9.62. The maximum atomic E-state index is 12.8. The molecule has 0 amide bonds. The van der Waals surface area contributed by atoms with Gasteiger partial charge in [0.2, 0.25) is 0 Å². The smallest absolute Gasteiger partial charge is 0.289 e. The second kappa shape index (κ2) is 6.98. The van der Waals surface area contributed by atoms with Crippen LogP contribution in [0.15, 0.2) is 77.9 Å². The Bertz CT molecular complexity index is 1370. The number of nitrogens with zero attached hydrogens (tertiary/aromatic N) is 4. The maximum Gasteiger partial charge on any atom is 0.329 e. The Hall–Kier alpha value is -3.80. The molecule has 1 N–H and O–H groups in total. The molecule has 5 rings (SSSR count). The summed E-state index contributed by atoms with van der Waals surface area (Å²) < 4.78 is 1.71. The van der Waals surface area contributed by atoms with Crippen LogP contribution in [0.3, 0.4) is 0 Å². The van der Waals surface area contributed by atoms with E-state index in [0.717, 1.165) is 28.5 Å². The van der Waals surface area contributed by atoms with Gasteiger partial charge >= 0.3 is 5.69 Å². The van der Waals surface area contributed by atoms with Crippen LogP contribution in [0.5, 0.6) is 0 Å².